The summed E-state index contributed by atoms with van der Waals surface area (Å²) in [5, 5.41) is 13.1. The standard InChI is InChI=1S/C27H26F3N9/c1-16(17-4-5-23(32-11-17)39-8-7-38-6-2-3-20(38)15-39)36-26-35-12-18(10-31)24(37-26)22-14-34-25-21(22)9-19(13-33-25)27(28,29)30/h4-5,9,11-14,16,20H,2-3,6-8,15H2,1H3,(H,33,34)(H,35,36,37)/t16-,20-/m1/s1. The molecule has 6 rings (SSSR count). The molecule has 0 unspecified atom stereocenters. The van der Waals surface area contributed by atoms with Crippen LogP contribution < -0.4 is 10.2 Å². The molecule has 9 nitrogen and oxygen atoms in total. The van der Waals surface area contributed by atoms with Gasteiger partial charge < -0.3 is 15.2 Å². The van der Waals surface area contributed by atoms with E-state index in [1.165, 1.54) is 31.8 Å². The molecule has 2 aliphatic rings. The minimum Gasteiger partial charge on any atom is -0.354 e. The summed E-state index contributed by atoms with van der Waals surface area (Å²) in [4.78, 5) is 25.1. The second-order valence-corrected chi connectivity index (χ2v) is 9.98. The van der Waals surface area contributed by atoms with Crippen molar-refractivity contribution in [3.63, 3.8) is 0 Å². The largest absolute Gasteiger partial charge is 0.417 e. The SMILES string of the molecule is C[C@@H](Nc1ncc(C#N)c(-c2c[nH]c3ncc(C(F)(F)F)cc23)n1)c1ccc(N2CCN3CCC[C@@H]3C2)nc1. The van der Waals surface area contributed by atoms with Gasteiger partial charge in [-0.3, -0.25) is 4.90 Å². The lowest BCUT2D eigenvalue weighted by atomic mass is 10.1. The van der Waals surface area contributed by atoms with Gasteiger partial charge in [-0.1, -0.05) is 6.07 Å². The number of piperazine rings is 1. The summed E-state index contributed by atoms with van der Waals surface area (Å²) < 4.78 is 39.9. The molecule has 0 saturated carbocycles. The maximum Gasteiger partial charge on any atom is 0.417 e. The Morgan fingerprint density at radius 1 is 1.13 bits per heavy atom. The normalized spacial score (nSPS) is 18.6. The average molecular weight is 534 g/mol. The fraction of sp³-hybridized carbons (Fsp3) is 0.370. The predicted octanol–water partition coefficient (Wildman–Crippen LogP) is 4.76. The molecule has 2 aliphatic heterocycles. The van der Waals surface area contributed by atoms with Gasteiger partial charge in [0.25, 0.3) is 0 Å². The highest BCUT2D eigenvalue weighted by molar-refractivity contribution is 5.94. The Balaban J connectivity index is 1.23. The Labute approximate surface area is 222 Å². The number of fused-ring (bicyclic) bond motifs is 2. The van der Waals surface area contributed by atoms with E-state index in [1.54, 1.807) is 0 Å². The average Bonchev–Trinajstić information content (AvgIpc) is 3.59. The molecule has 2 atom stereocenters. The van der Waals surface area contributed by atoms with Crippen LogP contribution in [0.25, 0.3) is 22.3 Å². The number of H-pyrrole nitrogens is 1. The number of nitrogens with one attached hydrogen (secondary N) is 2. The van der Waals surface area contributed by atoms with Crippen LogP contribution in [0, 0.1) is 11.3 Å². The third kappa shape index (κ3) is 4.85. The zero-order chi connectivity index (χ0) is 27.1. The van der Waals surface area contributed by atoms with Crippen molar-refractivity contribution < 1.29 is 13.2 Å². The van der Waals surface area contributed by atoms with Crippen molar-refractivity contribution in [1.82, 2.24) is 29.8 Å². The van der Waals surface area contributed by atoms with Crippen LogP contribution in [0.4, 0.5) is 24.9 Å². The van der Waals surface area contributed by atoms with E-state index in [9.17, 15) is 18.4 Å². The first kappa shape index (κ1) is 25.1. The predicted molar refractivity (Wildman–Crippen MR) is 140 cm³/mol. The van der Waals surface area contributed by atoms with Crippen molar-refractivity contribution in [3.05, 3.63) is 59.7 Å². The van der Waals surface area contributed by atoms with Crippen LogP contribution in [0.3, 0.4) is 0 Å². The number of aromatic nitrogens is 5. The fourth-order valence-electron chi connectivity index (χ4n) is 5.41. The molecular weight excluding hydrogens is 507 g/mol. The number of aromatic amines is 1. The summed E-state index contributed by atoms with van der Waals surface area (Å²) in [6, 6.07) is 7.49. The Morgan fingerprint density at radius 2 is 2.00 bits per heavy atom. The van der Waals surface area contributed by atoms with E-state index in [2.05, 4.69) is 35.1 Å². The van der Waals surface area contributed by atoms with Crippen molar-refractivity contribution in [2.75, 3.05) is 36.4 Å². The molecule has 4 aromatic rings. The summed E-state index contributed by atoms with van der Waals surface area (Å²) in [5.41, 5.74) is 1.01. The Morgan fingerprint density at radius 3 is 2.77 bits per heavy atom. The Bertz CT molecular complexity index is 1540. The molecule has 6 heterocycles. The van der Waals surface area contributed by atoms with Gasteiger partial charge in [-0.05, 0) is 44.0 Å². The second-order valence-electron chi connectivity index (χ2n) is 9.98. The van der Waals surface area contributed by atoms with Crippen LogP contribution in [0.2, 0.25) is 0 Å². The molecule has 39 heavy (non-hydrogen) atoms. The van der Waals surface area contributed by atoms with Gasteiger partial charge >= 0.3 is 6.18 Å². The molecule has 0 bridgehead atoms. The zero-order valence-corrected chi connectivity index (χ0v) is 21.2. The molecule has 2 saturated heterocycles. The molecule has 4 aromatic heterocycles. The maximum atomic E-state index is 13.3. The van der Waals surface area contributed by atoms with Crippen molar-refractivity contribution in [1.29, 1.82) is 5.26 Å². The van der Waals surface area contributed by atoms with Gasteiger partial charge in [-0.15, -0.1) is 0 Å². The van der Waals surface area contributed by atoms with Crippen LogP contribution in [0.15, 0.2) is 43.0 Å². The first-order valence-corrected chi connectivity index (χ1v) is 12.8. The number of alkyl halides is 3. The van der Waals surface area contributed by atoms with Crippen LogP contribution in [0.1, 0.15) is 42.5 Å². The first-order chi connectivity index (χ1) is 18.8. The van der Waals surface area contributed by atoms with E-state index in [-0.39, 0.29) is 34.3 Å². The molecule has 2 fully saturated rings. The topological polar surface area (TPSA) is 110 Å². The lowest BCUT2D eigenvalue weighted by molar-refractivity contribution is -0.137. The minimum absolute atomic E-state index is 0.139. The van der Waals surface area contributed by atoms with Crippen LogP contribution in [-0.2, 0) is 6.18 Å². The van der Waals surface area contributed by atoms with Crippen molar-refractivity contribution in [2.45, 2.75) is 38.0 Å². The number of rotatable bonds is 5. The lowest BCUT2D eigenvalue weighted by Gasteiger charge is -2.38. The second kappa shape index (κ2) is 9.81. The highest BCUT2D eigenvalue weighted by Crippen LogP contribution is 2.35. The molecule has 2 N–H and O–H groups in total. The van der Waals surface area contributed by atoms with E-state index >= 15 is 0 Å². The van der Waals surface area contributed by atoms with Crippen molar-refractivity contribution in [3.8, 4) is 17.3 Å². The quantitative estimate of drug-likeness (QED) is 0.378. The minimum atomic E-state index is -4.55. The summed E-state index contributed by atoms with van der Waals surface area (Å²) in [6.07, 6.45) is 3.43. The maximum absolute atomic E-state index is 13.3. The van der Waals surface area contributed by atoms with Crippen molar-refractivity contribution >= 4 is 22.8 Å². The summed E-state index contributed by atoms with van der Waals surface area (Å²) in [6.45, 7) is 6.16. The molecule has 0 spiro atoms. The monoisotopic (exact) mass is 533 g/mol. The van der Waals surface area contributed by atoms with Gasteiger partial charge in [0.05, 0.1) is 29.1 Å². The van der Waals surface area contributed by atoms with E-state index in [0.717, 1.165) is 43.3 Å². The number of anilines is 2. The van der Waals surface area contributed by atoms with E-state index in [0.29, 0.717) is 11.6 Å². The fourth-order valence-corrected chi connectivity index (χ4v) is 5.41. The Hall–Kier alpha value is -4.24. The third-order valence-corrected chi connectivity index (χ3v) is 7.55. The number of halogens is 3. The van der Waals surface area contributed by atoms with E-state index in [4.69, 9.17) is 4.98 Å². The first-order valence-electron chi connectivity index (χ1n) is 12.8. The highest BCUT2D eigenvalue weighted by Gasteiger charge is 2.32. The van der Waals surface area contributed by atoms with Gasteiger partial charge in [-0.2, -0.15) is 18.4 Å². The summed E-state index contributed by atoms with van der Waals surface area (Å²) in [7, 11) is 0. The molecule has 200 valence electrons. The van der Waals surface area contributed by atoms with Gasteiger partial charge in [0, 0.05) is 55.2 Å². The summed E-state index contributed by atoms with van der Waals surface area (Å²) >= 11 is 0. The lowest BCUT2D eigenvalue weighted by Crippen LogP contribution is -2.50. The number of nitriles is 1. The number of pyridine rings is 2. The molecule has 12 heteroatoms. The molecular formula is C27H26F3N9. The molecule has 0 aromatic carbocycles. The summed E-state index contributed by atoms with van der Waals surface area (Å²) in [5.74, 6) is 1.20. The highest BCUT2D eigenvalue weighted by atomic mass is 19.4. The number of nitrogens with zero attached hydrogens (tertiary/aromatic N) is 7. The van der Waals surface area contributed by atoms with Gasteiger partial charge in [0.15, 0.2) is 0 Å². The van der Waals surface area contributed by atoms with Crippen molar-refractivity contribution in [2.24, 2.45) is 0 Å². The van der Waals surface area contributed by atoms with Crippen LogP contribution in [0.5, 0.6) is 0 Å². The van der Waals surface area contributed by atoms with E-state index < -0.39 is 11.7 Å². The number of hydrogen-bond donors (Lipinski definition) is 2. The number of hydrogen-bond acceptors (Lipinski definition) is 8. The molecule has 0 radical (unpaired) electrons. The van der Waals surface area contributed by atoms with Crippen LogP contribution in [-0.4, -0.2) is 62.0 Å². The molecule has 0 aliphatic carbocycles. The van der Waals surface area contributed by atoms with Gasteiger partial charge in [-0.25, -0.2) is 19.9 Å². The van der Waals surface area contributed by atoms with Gasteiger partial charge in [0.2, 0.25) is 5.95 Å². The van der Waals surface area contributed by atoms with Crippen LogP contribution >= 0.6 is 0 Å². The third-order valence-electron chi connectivity index (χ3n) is 7.55. The van der Waals surface area contributed by atoms with E-state index in [1.807, 2.05) is 31.3 Å². The zero-order valence-electron chi connectivity index (χ0n) is 21.2. The van der Waals surface area contributed by atoms with Gasteiger partial charge in [0.1, 0.15) is 17.5 Å². The smallest absolute Gasteiger partial charge is 0.354 e. The molecule has 0 amide bonds. The Kier molecular flexibility index (Phi) is 6.31.